The molecule has 0 unspecified atom stereocenters. The Balaban J connectivity index is 4.38. The zero-order valence-corrected chi connectivity index (χ0v) is 8.17. The fourth-order valence-electron chi connectivity index (χ4n) is 0.995. The van der Waals surface area contributed by atoms with E-state index in [-0.39, 0.29) is 6.54 Å². The molecule has 15 heavy (non-hydrogen) atoms. The van der Waals surface area contributed by atoms with Gasteiger partial charge in [-0.15, -0.1) is 0 Å². The van der Waals surface area contributed by atoms with Crippen LogP contribution in [0.2, 0.25) is 0 Å². The molecule has 0 bridgehead atoms. The van der Waals surface area contributed by atoms with E-state index < -0.39 is 31.0 Å². The van der Waals surface area contributed by atoms with Crippen LogP contribution in [-0.4, -0.2) is 41.1 Å². The van der Waals surface area contributed by atoms with Crippen molar-refractivity contribution in [2.45, 2.75) is 25.9 Å². The van der Waals surface area contributed by atoms with E-state index in [4.69, 9.17) is 5.11 Å². The lowest BCUT2D eigenvalue weighted by atomic mass is 10.3. The zero-order chi connectivity index (χ0) is 12.1. The molecule has 0 fully saturated rings. The van der Waals surface area contributed by atoms with Crippen molar-refractivity contribution in [1.82, 2.24) is 4.90 Å². The molecule has 1 N–H and O–H groups in total. The second-order valence-electron chi connectivity index (χ2n) is 2.93. The van der Waals surface area contributed by atoms with Gasteiger partial charge in [0.15, 0.2) is 0 Å². The van der Waals surface area contributed by atoms with E-state index in [0.717, 1.165) is 0 Å². The van der Waals surface area contributed by atoms with Crippen LogP contribution in [0.1, 0.15) is 19.8 Å². The second-order valence-corrected chi connectivity index (χ2v) is 2.93. The van der Waals surface area contributed by atoms with Gasteiger partial charge in [0.25, 0.3) is 0 Å². The molecule has 88 valence electrons. The Labute approximate surface area is 84.7 Å². The van der Waals surface area contributed by atoms with Gasteiger partial charge in [0, 0.05) is 13.1 Å². The smallest absolute Gasteiger partial charge is 0.471 e. The molecule has 0 heterocycles. The Morgan fingerprint density at radius 3 is 2.13 bits per heavy atom. The third kappa shape index (κ3) is 5.24. The number of carboxylic acid groups (broad SMARTS) is 1. The number of hydrogen-bond acceptors (Lipinski definition) is 2. The van der Waals surface area contributed by atoms with Crippen LogP contribution in [0.15, 0.2) is 0 Å². The van der Waals surface area contributed by atoms with Crippen LogP contribution in [-0.2, 0) is 9.59 Å². The lowest BCUT2D eigenvalue weighted by Crippen LogP contribution is -2.42. The summed E-state index contributed by atoms with van der Waals surface area (Å²) in [6, 6.07) is 0. The van der Waals surface area contributed by atoms with Crippen molar-refractivity contribution in [2.75, 3.05) is 13.1 Å². The molecule has 0 aliphatic carbocycles. The highest BCUT2D eigenvalue weighted by atomic mass is 19.4. The van der Waals surface area contributed by atoms with E-state index in [0.29, 0.717) is 11.3 Å². The van der Waals surface area contributed by atoms with Gasteiger partial charge in [-0.25, -0.2) is 0 Å². The highest BCUT2D eigenvalue weighted by molar-refractivity contribution is 5.82. The van der Waals surface area contributed by atoms with Gasteiger partial charge in [-0.2, -0.15) is 13.2 Å². The van der Waals surface area contributed by atoms with Gasteiger partial charge in [-0.05, 0) is 6.42 Å². The van der Waals surface area contributed by atoms with E-state index in [9.17, 15) is 22.8 Å². The van der Waals surface area contributed by atoms with E-state index in [1.54, 1.807) is 6.92 Å². The minimum Gasteiger partial charge on any atom is -0.481 e. The van der Waals surface area contributed by atoms with E-state index >= 15 is 0 Å². The van der Waals surface area contributed by atoms with Crippen molar-refractivity contribution < 1.29 is 27.9 Å². The molecule has 0 saturated heterocycles. The summed E-state index contributed by atoms with van der Waals surface area (Å²) in [6.45, 7) is 1.10. The Morgan fingerprint density at radius 2 is 1.80 bits per heavy atom. The maximum absolute atomic E-state index is 12.0. The van der Waals surface area contributed by atoms with Crippen molar-refractivity contribution in [1.29, 1.82) is 0 Å². The Kier molecular flexibility index (Phi) is 5.10. The summed E-state index contributed by atoms with van der Waals surface area (Å²) < 4.78 is 36.0. The lowest BCUT2D eigenvalue weighted by Gasteiger charge is -2.22. The highest BCUT2D eigenvalue weighted by Crippen LogP contribution is 2.18. The van der Waals surface area contributed by atoms with Crippen molar-refractivity contribution in [3.63, 3.8) is 0 Å². The van der Waals surface area contributed by atoms with Crippen LogP contribution >= 0.6 is 0 Å². The number of carboxylic acids is 1. The molecule has 0 atom stereocenters. The molecular formula is C8H12F3NO3. The number of aliphatic carboxylic acids is 1. The predicted molar refractivity (Wildman–Crippen MR) is 45.2 cm³/mol. The van der Waals surface area contributed by atoms with Crippen LogP contribution in [0.4, 0.5) is 13.2 Å². The van der Waals surface area contributed by atoms with Crippen LogP contribution < -0.4 is 0 Å². The quantitative estimate of drug-likeness (QED) is 0.769. The first kappa shape index (κ1) is 13.7. The molecule has 0 saturated carbocycles. The first-order valence-corrected chi connectivity index (χ1v) is 4.37. The number of rotatable bonds is 5. The third-order valence-electron chi connectivity index (χ3n) is 1.62. The molecule has 1 amide bonds. The number of alkyl halides is 3. The van der Waals surface area contributed by atoms with Gasteiger partial charge < -0.3 is 10.0 Å². The standard InChI is InChI=1S/C8H12F3NO3/c1-2-4-12(5-3-6(13)14)7(15)8(9,10)11/h2-5H2,1H3,(H,13,14). The van der Waals surface area contributed by atoms with Gasteiger partial charge in [0.2, 0.25) is 0 Å². The van der Waals surface area contributed by atoms with Gasteiger partial charge in [0.05, 0.1) is 6.42 Å². The molecule has 0 aromatic rings. The van der Waals surface area contributed by atoms with Crippen molar-refractivity contribution >= 4 is 11.9 Å². The Bertz CT molecular complexity index is 240. The molecule has 0 spiro atoms. The molecule has 0 aromatic carbocycles. The normalized spacial score (nSPS) is 11.2. The van der Waals surface area contributed by atoms with Gasteiger partial charge in [-0.3, -0.25) is 9.59 Å². The predicted octanol–water partition coefficient (Wildman–Crippen LogP) is 1.26. The monoisotopic (exact) mass is 227 g/mol. The topological polar surface area (TPSA) is 57.6 Å². The minimum absolute atomic E-state index is 0.0916. The number of carbonyl (C=O) groups is 2. The fraction of sp³-hybridized carbons (Fsp3) is 0.750. The summed E-state index contributed by atoms with van der Waals surface area (Å²) in [7, 11) is 0. The van der Waals surface area contributed by atoms with E-state index in [2.05, 4.69) is 0 Å². The third-order valence-corrected chi connectivity index (χ3v) is 1.62. The summed E-state index contributed by atoms with van der Waals surface area (Å²) in [6.07, 6.45) is -5.07. The number of nitrogens with zero attached hydrogens (tertiary/aromatic N) is 1. The number of amides is 1. The van der Waals surface area contributed by atoms with Crippen LogP contribution in [0, 0.1) is 0 Å². The largest absolute Gasteiger partial charge is 0.481 e. The summed E-state index contributed by atoms with van der Waals surface area (Å²) in [4.78, 5) is 21.4. The Hall–Kier alpha value is -1.27. The molecule has 0 radical (unpaired) electrons. The number of halogens is 3. The lowest BCUT2D eigenvalue weighted by molar-refractivity contribution is -0.185. The van der Waals surface area contributed by atoms with Gasteiger partial charge >= 0.3 is 18.1 Å². The van der Waals surface area contributed by atoms with Crippen molar-refractivity contribution in [2.24, 2.45) is 0 Å². The molecule has 0 aromatic heterocycles. The SMILES string of the molecule is CCCN(CCC(=O)O)C(=O)C(F)(F)F. The average Bonchev–Trinajstić information content (AvgIpc) is 2.09. The first-order valence-electron chi connectivity index (χ1n) is 4.37. The summed E-state index contributed by atoms with van der Waals surface area (Å²) in [5.74, 6) is -3.21. The summed E-state index contributed by atoms with van der Waals surface area (Å²) in [5, 5.41) is 8.30. The molecule has 0 aliphatic rings. The van der Waals surface area contributed by atoms with Gasteiger partial charge in [0.1, 0.15) is 0 Å². The molecule has 0 aliphatic heterocycles. The van der Waals surface area contributed by atoms with E-state index in [1.807, 2.05) is 0 Å². The molecule has 7 heteroatoms. The zero-order valence-electron chi connectivity index (χ0n) is 8.17. The second kappa shape index (κ2) is 5.57. The average molecular weight is 227 g/mol. The van der Waals surface area contributed by atoms with Crippen LogP contribution in [0.25, 0.3) is 0 Å². The van der Waals surface area contributed by atoms with Gasteiger partial charge in [-0.1, -0.05) is 6.92 Å². The maximum Gasteiger partial charge on any atom is 0.471 e. The number of hydrogen-bond donors (Lipinski definition) is 1. The molecular weight excluding hydrogens is 215 g/mol. The molecule has 4 nitrogen and oxygen atoms in total. The van der Waals surface area contributed by atoms with E-state index in [1.165, 1.54) is 0 Å². The fourth-order valence-corrected chi connectivity index (χ4v) is 0.995. The van der Waals surface area contributed by atoms with Crippen LogP contribution in [0.5, 0.6) is 0 Å². The van der Waals surface area contributed by atoms with Crippen molar-refractivity contribution in [3.05, 3.63) is 0 Å². The summed E-state index contributed by atoms with van der Waals surface area (Å²) >= 11 is 0. The number of carbonyl (C=O) groups excluding carboxylic acids is 1. The summed E-state index contributed by atoms with van der Waals surface area (Å²) in [5.41, 5.74) is 0. The first-order chi connectivity index (χ1) is 6.79. The Morgan fingerprint density at radius 1 is 1.27 bits per heavy atom. The minimum atomic E-state index is -4.94. The van der Waals surface area contributed by atoms with Crippen LogP contribution in [0.3, 0.4) is 0 Å². The maximum atomic E-state index is 12.0. The molecule has 0 rings (SSSR count). The van der Waals surface area contributed by atoms with Crippen molar-refractivity contribution in [3.8, 4) is 0 Å². The highest BCUT2D eigenvalue weighted by Gasteiger charge is 2.42.